The standard InChI is InChI=1S/C11H24O3Si/c1-9(12)7-10(13)8-14-15(5,6)11(2,3)4/h10,13H,7-8H2,1-6H3. The van der Waals surface area contributed by atoms with Crippen molar-refractivity contribution >= 4 is 14.1 Å². The second kappa shape index (κ2) is 5.23. The van der Waals surface area contributed by atoms with Gasteiger partial charge < -0.3 is 9.53 Å². The molecule has 0 aliphatic rings. The molecule has 0 amide bonds. The van der Waals surface area contributed by atoms with Crippen LogP contribution in [0.25, 0.3) is 0 Å². The van der Waals surface area contributed by atoms with E-state index in [9.17, 15) is 9.90 Å². The van der Waals surface area contributed by atoms with Gasteiger partial charge in [0.05, 0.1) is 12.7 Å². The van der Waals surface area contributed by atoms with Crippen LogP contribution in [0.4, 0.5) is 0 Å². The molecule has 0 bridgehead atoms. The molecule has 0 radical (unpaired) electrons. The van der Waals surface area contributed by atoms with Gasteiger partial charge in [-0.1, -0.05) is 20.8 Å². The Morgan fingerprint density at radius 2 is 1.87 bits per heavy atom. The molecule has 0 aliphatic heterocycles. The number of hydrogen-bond acceptors (Lipinski definition) is 3. The van der Waals surface area contributed by atoms with Crippen molar-refractivity contribution < 1.29 is 14.3 Å². The van der Waals surface area contributed by atoms with Crippen molar-refractivity contribution in [3.8, 4) is 0 Å². The van der Waals surface area contributed by atoms with Crippen LogP contribution in [0.2, 0.25) is 18.1 Å². The lowest BCUT2D eigenvalue weighted by molar-refractivity contribution is -0.119. The summed E-state index contributed by atoms with van der Waals surface area (Å²) >= 11 is 0. The number of hydrogen-bond donors (Lipinski definition) is 1. The highest BCUT2D eigenvalue weighted by Gasteiger charge is 2.37. The van der Waals surface area contributed by atoms with Gasteiger partial charge in [0, 0.05) is 6.42 Å². The van der Waals surface area contributed by atoms with E-state index >= 15 is 0 Å². The summed E-state index contributed by atoms with van der Waals surface area (Å²) < 4.78 is 5.79. The summed E-state index contributed by atoms with van der Waals surface area (Å²) in [5, 5.41) is 9.67. The van der Waals surface area contributed by atoms with E-state index in [0.29, 0.717) is 0 Å². The third-order valence-electron chi connectivity index (χ3n) is 2.97. The fourth-order valence-corrected chi connectivity index (χ4v) is 1.95. The molecule has 1 atom stereocenters. The summed E-state index contributed by atoms with van der Waals surface area (Å²) in [7, 11) is -1.79. The monoisotopic (exact) mass is 232 g/mol. The molecule has 0 rings (SSSR count). The highest BCUT2D eigenvalue weighted by atomic mass is 28.4. The molecule has 0 spiro atoms. The lowest BCUT2D eigenvalue weighted by Crippen LogP contribution is -2.42. The molecule has 1 N–H and O–H groups in total. The summed E-state index contributed by atoms with van der Waals surface area (Å²) in [6, 6.07) is 0. The quantitative estimate of drug-likeness (QED) is 0.740. The van der Waals surface area contributed by atoms with E-state index in [-0.39, 0.29) is 23.8 Å². The summed E-state index contributed by atoms with van der Waals surface area (Å²) in [5.41, 5.74) is 0. The van der Waals surface area contributed by atoms with Gasteiger partial charge in [-0.25, -0.2) is 0 Å². The third kappa shape index (κ3) is 5.44. The Kier molecular flexibility index (Phi) is 5.16. The highest BCUT2D eigenvalue weighted by molar-refractivity contribution is 6.74. The average Bonchev–Trinajstić information content (AvgIpc) is 1.97. The average molecular weight is 232 g/mol. The van der Waals surface area contributed by atoms with Crippen LogP contribution in [-0.4, -0.2) is 31.9 Å². The van der Waals surface area contributed by atoms with Gasteiger partial charge in [-0.3, -0.25) is 4.79 Å². The van der Waals surface area contributed by atoms with Gasteiger partial charge in [0.2, 0.25) is 0 Å². The molecular weight excluding hydrogens is 208 g/mol. The highest BCUT2D eigenvalue weighted by Crippen LogP contribution is 2.36. The summed E-state index contributed by atoms with van der Waals surface area (Å²) in [6.07, 6.45) is -0.467. The topological polar surface area (TPSA) is 46.5 Å². The molecule has 90 valence electrons. The predicted octanol–water partition coefficient (Wildman–Crippen LogP) is 2.35. The molecule has 0 saturated carbocycles. The Morgan fingerprint density at radius 1 is 1.40 bits per heavy atom. The van der Waals surface area contributed by atoms with E-state index in [2.05, 4.69) is 33.9 Å². The number of aliphatic hydroxyl groups excluding tert-OH is 1. The molecule has 0 aromatic heterocycles. The minimum Gasteiger partial charge on any atom is -0.414 e. The maximum atomic E-state index is 10.8. The van der Waals surface area contributed by atoms with Crippen molar-refractivity contribution in [2.24, 2.45) is 0 Å². The van der Waals surface area contributed by atoms with E-state index in [1.807, 2.05) is 0 Å². The van der Waals surface area contributed by atoms with E-state index in [1.165, 1.54) is 6.92 Å². The lowest BCUT2D eigenvalue weighted by atomic mass is 10.2. The number of carbonyl (C=O) groups excluding carboxylic acids is 1. The minimum absolute atomic E-state index is 0.00123. The second-order valence-electron chi connectivity index (χ2n) is 5.63. The van der Waals surface area contributed by atoms with Crippen molar-refractivity contribution in [2.45, 2.75) is 58.4 Å². The van der Waals surface area contributed by atoms with Crippen LogP contribution in [-0.2, 0) is 9.22 Å². The van der Waals surface area contributed by atoms with Crippen molar-refractivity contribution in [3.05, 3.63) is 0 Å². The van der Waals surface area contributed by atoms with Gasteiger partial charge in [-0.15, -0.1) is 0 Å². The first kappa shape index (κ1) is 14.8. The molecule has 0 saturated heterocycles. The minimum atomic E-state index is -1.79. The van der Waals surface area contributed by atoms with Crippen LogP contribution < -0.4 is 0 Å². The van der Waals surface area contributed by atoms with Gasteiger partial charge >= 0.3 is 0 Å². The van der Waals surface area contributed by atoms with Crippen molar-refractivity contribution in [2.75, 3.05) is 6.61 Å². The number of Topliss-reactive ketones (excluding diaryl/α,β-unsaturated/α-hetero) is 1. The van der Waals surface area contributed by atoms with Gasteiger partial charge in [0.1, 0.15) is 5.78 Å². The van der Waals surface area contributed by atoms with Crippen LogP contribution in [0.15, 0.2) is 0 Å². The van der Waals surface area contributed by atoms with Crippen LogP contribution in [0, 0.1) is 0 Å². The molecule has 1 unspecified atom stereocenters. The third-order valence-corrected chi connectivity index (χ3v) is 7.47. The lowest BCUT2D eigenvalue weighted by Gasteiger charge is -2.36. The maximum absolute atomic E-state index is 10.8. The molecule has 0 heterocycles. The van der Waals surface area contributed by atoms with E-state index in [1.54, 1.807) is 0 Å². The molecule has 15 heavy (non-hydrogen) atoms. The van der Waals surface area contributed by atoms with Gasteiger partial charge in [0.25, 0.3) is 0 Å². The predicted molar refractivity (Wildman–Crippen MR) is 64.5 cm³/mol. The van der Waals surface area contributed by atoms with E-state index in [0.717, 1.165) is 0 Å². The van der Waals surface area contributed by atoms with Crippen molar-refractivity contribution in [1.82, 2.24) is 0 Å². The number of carbonyl (C=O) groups is 1. The number of aliphatic hydroxyl groups is 1. The van der Waals surface area contributed by atoms with Crippen LogP contribution in [0.3, 0.4) is 0 Å². The summed E-state index contributed by atoms with van der Waals surface area (Å²) in [4.78, 5) is 10.8. The molecule has 3 nitrogen and oxygen atoms in total. The Balaban J connectivity index is 4.10. The molecule has 4 heteroatoms. The van der Waals surface area contributed by atoms with Crippen molar-refractivity contribution in [3.63, 3.8) is 0 Å². The molecule has 0 aromatic rings. The van der Waals surface area contributed by atoms with E-state index < -0.39 is 14.4 Å². The van der Waals surface area contributed by atoms with Crippen LogP contribution in [0.1, 0.15) is 34.1 Å². The molecular formula is C11H24O3Si. The van der Waals surface area contributed by atoms with Crippen molar-refractivity contribution in [1.29, 1.82) is 0 Å². The fourth-order valence-electron chi connectivity index (χ4n) is 0.912. The smallest absolute Gasteiger partial charge is 0.192 e. The first-order valence-electron chi connectivity index (χ1n) is 5.38. The zero-order valence-electron chi connectivity index (χ0n) is 10.8. The maximum Gasteiger partial charge on any atom is 0.192 e. The van der Waals surface area contributed by atoms with Crippen LogP contribution in [0.5, 0.6) is 0 Å². The number of ketones is 1. The summed E-state index contributed by atoms with van der Waals surface area (Å²) in [5.74, 6) is 0.00123. The zero-order chi connectivity index (χ0) is 12.3. The Labute approximate surface area is 94.0 Å². The van der Waals surface area contributed by atoms with Crippen LogP contribution >= 0.6 is 0 Å². The Hall–Kier alpha value is -0.193. The van der Waals surface area contributed by atoms with E-state index in [4.69, 9.17) is 4.43 Å². The van der Waals surface area contributed by atoms with Gasteiger partial charge in [-0.05, 0) is 25.1 Å². The zero-order valence-corrected chi connectivity index (χ0v) is 11.8. The Bertz CT molecular complexity index is 218. The Morgan fingerprint density at radius 3 is 2.20 bits per heavy atom. The largest absolute Gasteiger partial charge is 0.414 e. The fraction of sp³-hybridized carbons (Fsp3) is 0.909. The first-order valence-corrected chi connectivity index (χ1v) is 8.28. The first-order chi connectivity index (χ1) is 6.56. The molecule has 0 aliphatic carbocycles. The number of rotatable bonds is 5. The summed E-state index contributed by atoms with van der Waals surface area (Å²) in [6.45, 7) is 12.5. The second-order valence-corrected chi connectivity index (χ2v) is 10.4. The van der Waals surface area contributed by atoms with Gasteiger partial charge in [-0.2, -0.15) is 0 Å². The normalized spacial score (nSPS) is 15.1. The molecule has 0 fully saturated rings. The molecule has 0 aromatic carbocycles. The van der Waals surface area contributed by atoms with Gasteiger partial charge in [0.15, 0.2) is 8.32 Å². The SMILES string of the molecule is CC(=O)CC(O)CO[Si](C)(C)C(C)(C)C.